The van der Waals surface area contributed by atoms with Crippen LogP contribution in [0.1, 0.15) is 46.6 Å². The van der Waals surface area contributed by atoms with Crippen LogP contribution >= 0.6 is 23.2 Å². The molecule has 9 rings (SSSR count). The van der Waals surface area contributed by atoms with Crippen molar-refractivity contribution >= 4 is 70.5 Å². The normalized spacial score (nSPS) is 24.1. The third kappa shape index (κ3) is 6.96. The molecule has 0 unspecified atom stereocenters. The van der Waals surface area contributed by atoms with Crippen molar-refractivity contribution in [3.63, 3.8) is 0 Å². The number of aromatic nitrogens is 1. The first-order chi connectivity index (χ1) is 30.6. The average molecular weight is 910 g/mol. The van der Waals surface area contributed by atoms with Crippen molar-refractivity contribution in [2.24, 2.45) is 23.7 Å². The highest BCUT2D eigenvalue weighted by atomic mass is 35.5. The Labute approximate surface area is 374 Å². The Morgan fingerprint density at radius 3 is 2.28 bits per heavy atom. The number of methoxy groups -OCH3 is 2. The highest BCUT2D eigenvalue weighted by Crippen LogP contribution is 2.64. The van der Waals surface area contributed by atoms with Crippen LogP contribution in [0.2, 0.25) is 10.0 Å². The van der Waals surface area contributed by atoms with Crippen LogP contribution in [0.5, 0.6) is 17.2 Å². The number of hydrogen-bond donors (Lipinski definition) is 2. The molecule has 326 valence electrons. The summed E-state index contributed by atoms with van der Waals surface area (Å²) in [6, 6.07) is 25.7. The minimum Gasteiger partial charge on any atom is -0.508 e. The van der Waals surface area contributed by atoms with Gasteiger partial charge in [-0.3, -0.25) is 29.5 Å². The van der Waals surface area contributed by atoms with E-state index in [0.717, 1.165) is 16.1 Å². The molecule has 4 amide bonds. The average Bonchev–Trinajstić information content (AvgIpc) is 3.66. The highest BCUT2D eigenvalue weighted by Gasteiger charge is 2.70. The van der Waals surface area contributed by atoms with Crippen molar-refractivity contribution in [2.45, 2.75) is 30.4 Å². The molecule has 1 aromatic heterocycles. The number of alkyl halides is 3. The third-order valence-electron chi connectivity index (χ3n) is 12.8. The zero-order valence-corrected chi connectivity index (χ0v) is 35.5. The van der Waals surface area contributed by atoms with E-state index in [4.69, 9.17) is 32.7 Å². The zero-order chi connectivity index (χ0) is 45.2. The van der Waals surface area contributed by atoms with Gasteiger partial charge in [-0.1, -0.05) is 83.4 Å². The number of pyridine rings is 1. The van der Waals surface area contributed by atoms with E-state index in [-0.39, 0.29) is 24.4 Å². The van der Waals surface area contributed by atoms with E-state index >= 15 is 4.79 Å². The van der Waals surface area contributed by atoms with Gasteiger partial charge in [-0.25, -0.2) is 4.98 Å². The fourth-order valence-electron chi connectivity index (χ4n) is 10.0. The number of halogens is 5. The van der Waals surface area contributed by atoms with Gasteiger partial charge >= 0.3 is 6.18 Å². The number of hydrazine groups is 1. The molecule has 2 N–H and O–H groups in total. The minimum absolute atomic E-state index is 0.0633. The van der Waals surface area contributed by atoms with Crippen molar-refractivity contribution in [3.05, 3.63) is 153 Å². The number of hydrogen-bond acceptors (Lipinski definition) is 9. The summed E-state index contributed by atoms with van der Waals surface area (Å²) in [5.41, 5.74) is 3.13. The maximum atomic E-state index is 15.4. The number of nitrogens with one attached hydrogen (secondary N) is 1. The Bertz CT molecular complexity index is 2800. The maximum absolute atomic E-state index is 15.4. The highest BCUT2D eigenvalue weighted by molar-refractivity contribution is 6.33. The molecule has 4 aliphatic rings. The molecule has 2 aliphatic carbocycles. The van der Waals surface area contributed by atoms with Crippen molar-refractivity contribution in [1.29, 1.82) is 0 Å². The van der Waals surface area contributed by atoms with Crippen molar-refractivity contribution in [2.75, 3.05) is 24.5 Å². The predicted molar refractivity (Wildman–Crippen MR) is 232 cm³/mol. The molecule has 11 nitrogen and oxygen atoms in total. The van der Waals surface area contributed by atoms with E-state index in [1.807, 2.05) is 24.3 Å². The van der Waals surface area contributed by atoms with Crippen LogP contribution in [0.15, 0.2) is 115 Å². The fraction of sp³-hybridized carbons (Fsp3) is 0.229. The van der Waals surface area contributed by atoms with E-state index in [2.05, 4.69) is 10.4 Å². The van der Waals surface area contributed by atoms with Gasteiger partial charge in [0.25, 0.3) is 11.8 Å². The van der Waals surface area contributed by atoms with E-state index in [1.165, 1.54) is 17.0 Å². The molecule has 5 aromatic rings. The Morgan fingerprint density at radius 2 is 1.61 bits per heavy atom. The quantitative estimate of drug-likeness (QED) is 0.0842. The Hall–Kier alpha value is -6.64. The molecule has 3 heterocycles. The SMILES string of the molecule is COc1ccc(OC)c(C=Cc2ccc(N3C(=O)[C@H]4[C@H](CC=C5[C@H]4C[C@H]4C(=O)N(Nc6ncc(C(F)(F)F)cc6Cl)C(=O)[C@@]4(c4ccc(Cl)cc4)[C@H]5c4cccc(O)c4)C3=O)cc2)c1. The van der Waals surface area contributed by atoms with Crippen LogP contribution in [0.3, 0.4) is 0 Å². The van der Waals surface area contributed by atoms with Crippen LogP contribution in [-0.2, 0) is 30.8 Å². The second-order valence-electron chi connectivity index (χ2n) is 16.1. The second kappa shape index (κ2) is 16.2. The van der Waals surface area contributed by atoms with Crippen LogP contribution in [0, 0.1) is 23.7 Å². The Morgan fingerprint density at radius 1 is 0.859 bits per heavy atom. The van der Waals surface area contributed by atoms with Gasteiger partial charge in [-0.05, 0) is 96.1 Å². The number of rotatable bonds is 9. The number of phenols is 1. The van der Waals surface area contributed by atoms with Gasteiger partial charge in [-0.2, -0.15) is 18.2 Å². The molecule has 64 heavy (non-hydrogen) atoms. The number of nitrogens with zero attached hydrogens (tertiary/aromatic N) is 3. The van der Waals surface area contributed by atoms with Gasteiger partial charge in [0, 0.05) is 22.7 Å². The Balaban J connectivity index is 1.10. The number of phenolic OH excluding ortho intramolecular Hbond substituents is 1. The zero-order valence-electron chi connectivity index (χ0n) is 34.0. The lowest BCUT2D eigenvalue weighted by molar-refractivity contribution is -0.139. The summed E-state index contributed by atoms with van der Waals surface area (Å²) in [6.07, 6.45) is 1.45. The number of carbonyl (C=O) groups excluding carboxylic acids is 4. The van der Waals surface area contributed by atoms with Crippen molar-refractivity contribution < 1.29 is 46.9 Å². The predicted octanol–water partition coefficient (Wildman–Crippen LogP) is 9.49. The Kier molecular flexibility index (Phi) is 10.8. The number of aromatic hydroxyl groups is 1. The molecule has 1 saturated carbocycles. The monoisotopic (exact) mass is 908 g/mol. The van der Waals surface area contributed by atoms with Crippen LogP contribution in [-0.4, -0.2) is 52.9 Å². The molecule has 0 bridgehead atoms. The first kappa shape index (κ1) is 42.7. The molecular weight excluding hydrogens is 872 g/mol. The van der Waals surface area contributed by atoms with Gasteiger partial charge in [-0.15, -0.1) is 0 Å². The van der Waals surface area contributed by atoms with E-state index in [1.54, 1.807) is 87.0 Å². The number of benzene rings is 4. The number of amides is 4. The van der Waals surface area contributed by atoms with E-state index in [0.29, 0.717) is 51.2 Å². The molecule has 3 fully saturated rings. The number of carbonyl (C=O) groups is 4. The van der Waals surface area contributed by atoms with Gasteiger partial charge in [0.2, 0.25) is 11.8 Å². The van der Waals surface area contributed by atoms with Crippen LogP contribution < -0.4 is 19.8 Å². The number of allylic oxidation sites excluding steroid dienone is 2. The third-order valence-corrected chi connectivity index (χ3v) is 13.3. The number of imide groups is 2. The summed E-state index contributed by atoms with van der Waals surface area (Å²) in [4.78, 5) is 64.5. The van der Waals surface area contributed by atoms with E-state index in [9.17, 15) is 32.7 Å². The van der Waals surface area contributed by atoms with E-state index < -0.39 is 75.4 Å². The molecule has 6 atom stereocenters. The smallest absolute Gasteiger partial charge is 0.417 e. The summed E-state index contributed by atoms with van der Waals surface area (Å²) in [5.74, 6) is -6.23. The number of fused-ring (bicyclic) bond motifs is 4. The first-order valence-electron chi connectivity index (χ1n) is 20.2. The maximum Gasteiger partial charge on any atom is 0.417 e. The second-order valence-corrected chi connectivity index (χ2v) is 16.9. The topological polar surface area (TPSA) is 138 Å². The molecule has 2 aliphatic heterocycles. The van der Waals surface area contributed by atoms with Gasteiger partial charge in [0.15, 0.2) is 5.82 Å². The lowest BCUT2D eigenvalue weighted by Gasteiger charge is -2.50. The lowest BCUT2D eigenvalue weighted by Crippen LogP contribution is -2.53. The molecule has 0 spiro atoms. The minimum atomic E-state index is -4.76. The number of ether oxygens (including phenoxy) is 2. The molecule has 4 aromatic carbocycles. The largest absolute Gasteiger partial charge is 0.508 e. The van der Waals surface area contributed by atoms with Gasteiger partial charge in [0.1, 0.15) is 17.2 Å². The van der Waals surface area contributed by atoms with Crippen molar-refractivity contribution in [1.82, 2.24) is 9.99 Å². The summed E-state index contributed by atoms with van der Waals surface area (Å²) >= 11 is 12.6. The molecule has 0 radical (unpaired) electrons. The fourth-order valence-corrected chi connectivity index (χ4v) is 10.3. The number of anilines is 2. The summed E-state index contributed by atoms with van der Waals surface area (Å²) in [6.45, 7) is 0. The summed E-state index contributed by atoms with van der Waals surface area (Å²) in [5, 5.41) is 11.4. The molecular formula is C48H37Cl2F3N4O7. The summed E-state index contributed by atoms with van der Waals surface area (Å²) in [7, 11) is 3.14. The van der Waals surface area contributed by atoms with Crippen LogP contribution in [0.25, 0.3) is 12.2 Å². The van der Waals surface area contributed by atoms with Crippen LogP contribution in [0.4, 0.5) is 24.7 Å². The standard InChI is InChI=1S/C48H37Cl2F3N4O7/c1-63-33-16-19-39(64-2)26(21-33)9-6-25-7-14-31(15-8-25)56-43(59)35-18-17-34-36(40(35)45(56)61)23-37-44(60)57(55-42-38(50)22-29(24-54-42)48(51,52)53)46(62)47(37,28-10-12-30(49)13-11-28)41(34)27-4-3-5-32(58)20-27/h3-17,19-22,24,35-37,40-41,58H,18,23H2,1-2H3,(H,54,55)/t35-,36+,37-,40-,41-,47+/m0/s1. The first-order valence-corrected chi connectivity index (χ1v) is 20.9. The summed E-state index contributed by atoms with van der Waals surface area (Å²) < 4.78 is 51.5. The molecule has 16 heteroatoms. The lowest BCUT2D eigenvalue weighted by atomic mass is 9.49. The van der Waals surface area contributed by atoms with Gasteiger partial charge in [0.05, 0.1) is 53.7 Å². The van der Waals surface area contributed by atoms with Crippen molar-refractivity contribution in [3.8, 4) is 17.2 Å². The van der Waals surface area contributed by atoms with Gasteiger partial charge < -0.3 is 14.6 Å². The molecule has 2 saturated heterocycles.